The molecule has 0 spiro atoms. The molecule has 0 bridgehead atoms. The van der Waals surface area contributed by atoms with Crippen LogP contribution in [0.3, 0.4) is 0 Å². The lowest BCUT2D eigenvalue weighted by molar-refractivity contribution is 0.0945. The maximum Gasteiger partial charge on any atom is 0.270 e. The Morgan fingerprint density at radius 3 is 2.77 bits per heavy atom. The monoisotopic (exact) mass is 371 g/mol. The summed E-state index contributed by atoms with van der Waals surface area (Å²) in [4.78, 5) is 12.7. The SMILES string of the molecule is CCCCCCNC(=O)c1cc(-c2ccco2)nn1-c1ccccc1Cl. The van der Waals surface area contributed by atoms with Crippen LogP contribution in [0.1, 0.15) is 43.1 Å². The Labute approximate surface area is 158 Å². The smallest absolute Gasteiger partial charge is 0.270 e. The van der Waals surface area contributed by atoms with Crippen molar-refractivity contribution in [2.45, 2.75) is 32.6 Å². The van der Waals surface area contributed by atoms with Crippen LogP contribution in [0.25, 0.3) is 17.1 Å². The molecule has 3 rings (SSSR count). The Kier molecular flexibility index (Phi) is 6.12. The van der Waals surface area contributed by atoms with Crippen molar-refractivity contribution in [2.75, 3.05) is 6.54 Å². The number of amides is 1. The first-order valence-electron chi connectivity index (χ1n) is 8.87. The van der Waals surface area contributed by atoms with Gasteiger partial charge in [0.2, 0.25) is 0 Å². The third kappa shape index (κ3) is 4.17. The summed E-state index contributed by atoms with van der Waals surface area (Å²) in [5.74, 6) is 0.430. The highest BCUT2D eigenvalue weighted by Gasteiger charge is 2.19. The van der Waals surface area contributed by atoms with Crippen LogP contribution >= 0.6 is 11.6 Å². The summed E-state index contributed by atoms with van der Waals surface area (Å²) < 4.78 is 6.99. The zero-order valence-corrected chi connectivity index (χ0v) is 15.5. The molecular formula is C20H22ClN3O2. The van der Waals surface area contributed by atoms with Gasteiger partial charge in [0, 0.05) is 12.6 Å². The number of rotatable bonds is 8. The minimum absolute atomic E-state index is 0.174. The first kappa shape index (κ1) is 18.3. The summed E-state index contributed by atoms with van der Waals surface area (Å²) in [6.45, 7) is 2.81. The molecule has 2 aromatic heterocycles. The number of nitrogens with one attached hydrogen (secondary N) is 1. The third-order valence-corrected chi connectivity index (χ3v) is 4.43. The lowest BCUT2D eigenvalue weighted by atomic mass is 10.2. The first-order chi connectivity index (χ1) is 12.7. The largest absolute Gasteiger partial charge is 0.463 e. The van der Waals surface area contributed by atoms with E-state index in [2.05, 4.69) is 17.3 Å². The number of aromatic nitrogens is 2. The second-order valence-electron chi connectivity index (χ2n) is 6.07. The molecule has 6 heteroatoms. The first-order valence-corrected chi connectivity index (χ1v) is 9.25. The van der Waals surface area contributed by atoms with E-state index >= 15 is 0 Å². The normalized spacial score (nSPS) is 10.8. The average Bonchev–Trinajstić information content (AvgIpc) is 3.31. The van der Waals surface area contributed by atoms with Crippen LogP contribution in [-0.2, 0) is 0 Å². The fourth-order valence-corrected chi connectivity index (χ4v) is 2.95. The molecule has 0 unspecified atom stereocenters. The fourth-order valence-electron chi connectivity index (χ4n) is 2.74. The van der Waals surface area contributed by atoms with E-state index in [1.54, 1.807) is 29.1 Å². The maximum atomic E-state index is 12.7. The van der Waals surface area contributed by atoms with E-state index < -0.39 is 0 Å². The topological polar surface area (TPSA) is 60.1 Å². The molecule has 5 nitrogen and oxygen atoms in total. The Morgan fingerprint density at radius 2 is 2.04 bits per heavy atom. The standard InChI is InChI=1S/C20H22ClN3O2/c1-2-3-4-7-12-22-20(25)18-14-16(19-11-8-13-26-19)23-24(18)17-10-6-5-9-15(17)21/h5-6,8-11,13-14H,2-4,7,12H2,1H3,(H,22,25). The van der Waals surface area contributed by atoms with Gasteiger partial charge in [0.05, 0.1) is 17.0 Å². The molecule has 136 valence electrons. The predicted octanol–water partition coefficient (Wildman–Crippen LogP) is 5.10. The number of para-hydroxylation sites is 1. The summed E-state index contributed by atoms with van der Waals surface area (Å²) in [7, 11) is 0. The zero-order valence-electron chi connectivity index (χ0n) is 14.7. The van der Waals surface area contributed by atoms with E-state index in [0.717, 1.165) is 12.8 Å². The van der Waals surface area contributed by atoms with Crippen molar-refractivity contribution in [3.8, 4) is 17.1 Å². The van der Waals surface area contributed by atoms with Crippen molar-refractivity contribution in [1.82, 2.24) is 15.1 Å². The molecular weight excluding hydrogens is 350 g/mol. The number of halogens is 1. The number of benzene rings is 1. The van der Waals surface area contributed by atoms with Gasteiger partial charge in [-0.25, -0.2) is 4.68 Å². The molecule has 0 aliphatic rings. The maximum absolute atomic E-state index is 12.7. The Balaban J connectivity index is 1.87. The van der Waals surface area contributed by atoms with Gasteiger partial charge in [-0.2, -0.15) is 5.10 Å². The zero-order chi connectivity index (χ0) is 18.4. The van der Waals surface area contributed by atoms with Crippen LogP contribution in [0.5, 0.6) is 0 Å². The van der Waals surface area contributed by atoms with E-state index in [9.17, 15) is 4.79 Å². The number of carbonyl (C=O) groups excluding carboxylic acids is 1. The second-order valence-corrected chi connectivity index (χ2v) is 6.48. The number of hydrogen-bond donors (Lipinski definition) is 1. The highest BCUT2D eigenvalue weighted by Crippen LogP contribution is 2.25. The summed E-state index contributed by atoms with van der Waals surface area (Å²) in [5.41, 5.74) is 1.68. The van der Waals surface area contributed by atoms with Gasteiger partial charge < -0.3 is 9.73 Å². The van der Waals surface area contributed by atoms with Crippen LogP contribution in [-0.4, -0.2) is 22.2 Å². The van der Waals surface area contributed by atoms with Crippen LogP contribution in [0.4, 0.5) is 0 Å². The minimum atomic E-state index is -0.174. The molecule has 1 N–H and O–H groups in total. The van der Waals surface area contributed by atoms with Crippen molar-refractivity contribution >= 4 is 17.5 Å². The van der Waals surface area contributed by atoms with E-state index in [0.29, 0.717) is 34.4 Å². The predicted molar refractivity (Wildman–Crippen MR) is 103 cm³/mol. The van der Waals surface area contributed by atoms with Gasteiger partial charge in [0.15, 0.2) is 5.76 Å². The Morgan fingerprint density at radius 1 is 1.19 bits per heavy atom. The lowest BCUT2D eigenvalue weighted by Crippen LogP contribution is -2.26. The van der Waals surface area contributed by atoms with Crippen LogP contribution < -0.4 is 5.32 Å². The summed E-state index contributed by atoms with van der Waals surface area (Å²) in [6, 6.07) is 12.6. The van der Waals surface area contributed by atoms with Crippen molar-refractivity contribution in [3.63, 3.8) is 0 Å². The van der Waals surface area contributed by atoms with E-state index in [4.69, 9.17) is 16.0 Å². The number of carbonyl (C=O) groups is 1. The Bertz CT molecular complexity index is 856. The number of furan rings is 1. The highest BCUT2D eigenvalue weighted by atomic mass is 35.5. The minimum Gasteiger partial charge on any atom is -0.463 e. The molecule has 0 aliphatic heterocycles. The fraction of sp³-hybridized carbons (Fsp3) is 0.300. The lowest BCUT2D eigenvalue weighted by Gasteiger charge is -2.09. The molecule has 1 amide bonds. The molecule has 0 saturated carbocycles. The van der Waals surface area contributed by atoms with Crippen LogP contribution in [0, 0.1) is 0 Å². The second kappa shape index (κ2) is 8.72. The molecule has 26 heavy (non-hydrogen) atoms. The van der Waals surface area contributed by atoms with Gasteiger partial charge in [-0.1, -0.05) is 49.9 Å². The van der Waals surface area contributed by atoms with Crippen LogP contribution in [0.15, 0.2) is 53.1 Å². The summed E-state index contributed by atoms with van der Waals surface area (Å²) in [6.07, 6.45) is 6.00. The number of unbranched alkanes of at least 4 members (excludes halogenated alkanes) is 3. The van der Waals surface area contributed by atoms with E-state index in [1.165, 1.54) is 12.8 Å². The molecule has 0 atom stereocenters. The molecule has 0 fully saturated rings. The molecule has 3 aromatic rings. The average molecular weight is 372 g/mol. The summed E-state index contributed by atoms with van der Waals surface area (Å²) >= 11 is 6.32. The quantitative estimate of drug-likeness (QED) is 0.560. The molecule has 1 aromatic carbocycles. The molecule has 0 aliphatic carbocycles. The van der Waals surface area contributed by atoms with Gasteiger partial charge in [-0.05, 0) is 30.7 Å². The molecule has 0 saturated heterocycles. The van der Waals surface area contributed by atoms with Crippen molar-refractivity contribution in [2.24, 2.45) is 0 Å². The third-order valence-electron chi connectivity index (χ3n) is 4.11. The van der Waals surface area contributed by atoms with Crippen molar-refractivity contribution in [1.29, 1.82) is 0 Å². The van der Waals surface area contributed by atoms with E-state index in [-0.39, 0.29) is 5.91 Å². The molecule has 0 radical (unpaired) electrons. The van der Waals surface area contributed by atoms with Gasteiger partial charge in [0.1, 0.15) is 11.4 Å². The van der Waals surface area contributed by atoms with E-state index in [1.807, 2.05) is 24.3 Å². The van der Waals surface area contributed by atoms with Crippen molar-refractivity contribution in [3.05, 3.63) is 59.4 Å². The van der Waals surface area contributed by atoms with Gasteiger partial charge in [0.25, 0.3) is 5.91 Å². The Hall–Kier alpha value is -2.53. The number of nitrogens with zero attached hydrogens (tertiary/aromatic N) is 2. The van der Waals surface area contributed by atoms with Gasteiger partial charge in [-0.3, -0.25) is 4.79 Å². The highest BCUT2D eigenvalue weighted by molar-refractivity contribution is 6.32. The van der Waals surface area contributed by atoms with Gasteiger partial charge >= 0.3 is 0 Å². The number of hydrogen-bond acceptors (Lipinski definition) is 3. The molecule has 2 heterocycles. The van der Waals surface area contributed by atoms with Crippen LogP contribution in [0.2, 0.25) is 5.02 Å². The van der Waals surface area contributed by atoms with Gasteiger partial charge in [-0.15, -0.1) is 0 Å². The summed E-state index contributed by atoms with van der Waals surface area (Å²) in [5, 5.41) is 8.04. The van der Waals surface area contributed by atoms with Crippen molar-refractivity contribution < 1.29 is 9.21 Å².